The van der Waals surface area contributed by atoms with Crippen molar-refractivity contribution in [3.8, 4) is 0 Å². The van der Waals surface area contributed by atoms with Crippen LogP contribution in [0.2, 0.25) is 0 Å². The first-order valence-electron chi connectivity index (χ1n) is 7.88. The van der Waals surface area contributed by atoms with E-state index < -0.39 is 5.79 Å². The van der Waals surface area contributed by atoms with E-state index in [-0.39, 0.29) is 18.3 Å². The van der Waals surface area contributed by atoms with Crippen molar-refractivity contribution in [2.45, 2.75) is 44.6 Å². The van der Waals surface area contributed by atoms with E-state index in [1.54, 1.807) is 12.2 Å². The molecule has 0 radical (unpaired) electrons. The number of hydrogen-bond acceptors (Lipinski definition) is 4. The summed E-state index contributed by atoms with van der Waals surface area (Å²) in [5.74, 6) is -0.654. The van der Waals surface area contributed by atoms with Crippen LogP contribution in [0.3, 0.4) is 0 Å². The van der Waals surface area contributed by atoms with Gasteiger partial charge in [-0.3, -0.25) is 0 Å². The third kappa shape index (κ3) is 5.29. The van der Waals surface area contributed by atoms with E-state index in [1.807, 2.05) is 44.2 Å². The fraction of sp³-hybridized carbons (Fsp3) is 0.474. The molecule has 23 heavy (non-hydrogen) atoms. The molecular weight excluding hydrogens is 292 g/mol. The molecule has 1 saturated heterocycles. The molecule has 4 nitrogen and oxygen atoms in total. The van der Waals surface area contributed by atoms with Gasteiger partial charge in [0.15, 0.2) is 5.79 Å². The third-order valence-corrected chi connectivity index (χ3v) is 3.58. The lowest BCUT2D eigenvalue weighted by molar-refractivity contribution is -0.163. The Labute approximate surface area is 138 Å². The standard InChI is InChI=1S/C19H26O4/c1-5-12-21-17(14-20-13-15-10-8-7-9-11-15)18-16(6-2)22-19(3,4)23-18/h5-11,16-18H,1-2,12-14H2,3-4H3/t16-,17+,18-/m1/s1. The molecule has 1 aromatic rings. The minimum absolute atomic E-state index is 0.222. The Hall–Kier alpha value is -1.46. The highest BCUT2D eigenvalue weighted by atomic mass is 16.8. The summed E-state index contributed by atoms with van der Waals surface area (Å²) in [6.45, 7) is 12.7. The van der Waals surface area contributed by atoms with Crippen molar-refractivity contribution < 1.29 is 18.9 Å². The SMILES string of the molecule is C=CCO[C@@H](COCc1ccccc1)[C@@H]1OC(C)(C)O[C@@H]1C=C. The van der Waals surface area contributed by atoms with Crippen molar-refractivity contribution in [3.05, 3.63) is 61.2 Å². The van der Waals surface area contributed by atoms with E-state index in [9.17, 15) is 0 Å². The predicted octanol–water partition coefficient (Wildman–Crippen LogP) is 3.48. The van der Waals surface area contributed by atoms with Crippen LogP contribution >= 0.6 is 0 Å². The molecule has 4 heteroatoms. The number of rotatable bonds is 9. The van der Waals surface area contributed by atoms with E-state index in [0.29, 0.717) is 19.8 Å². The Bertz CT molecular complexity index is 497. The summed E-state index contributed by atoms with van der Waals surface area (Å²) in [7, 11) is 0. The first-order valence-corrected chi connectivity index (χ1v) is 7.88. The summed E-state index contributed by atoms with van der Waals surface area (Å²) in [6, 6.07) is 10.0. The molecule has 1 aromatic carbocycles. The second-order valence-corrected chi connectivity index (χ2v) is 5.96. The highest BCUT2D eigenvalue weighted by Crippen LogP contribution is 2.31. The zero-order chi connectivity index (χ0) is 16.7. The van der Waals surface area contributed by atoms with Crippen molar-refractivity contribution in [3.63, 3.8) is 0 Å². The Morgan fingerprint density at radius 3 is 2.61 bits per heavy atom. The van der Waals surface area contributed by atoms with Crippen molar-refractivity contribution in [1.82, 2.24) is 0 Å². The van der Waals surface area contributed by atoms with Crippen LogP contribution in [0.1, 0.15) is 19.4 Å². The van der Waals surface area contributed by atoms with Gasteiger partial charge in [-0.1, -0.05) is 42.5 Å². The van der Waals surface area contributed by atoms with E-state index in [0.717, 1.165) is 5.56 Å². The van der Waals surface area contributed by atoms with Gasteiger partial charge in [0.1, 0.15) is 18.3 Å². The number of ether oxygens (including phenoxy) is 4. The minimum atomic E-state index is -0.654. The maximum Gasteiger partial charge on any atom is 0.164 e. The van der Waals surface area contributed by atoms with Gasteiger partial charge in [-0.25, -0.2) is 0 Å². The van der Waals surface area contributed by atoms with Gasteiger partial charge >= 0.3 is 0 Å². The smallest absolute Gasteiger partial charge is 0.164 e. The van der Waals surface area contributed by atoms with Crippen molar-refractivity contribution >= 4 is 0 Å². The average molecular weight is 318 g/mol. The van der Waals surface area contributed by atoms with Gasteiger partial charge in [0.25, 0.3) is 0 Å². The summed E-state index contributed by atoms with van der Waals surface area (Å²) in [5, 5.41) is 0. The van der Waals surface area contributed by atoms with Crippen molar-refractivity contribution in [2.24, 2.45) is 0 Å². The molecule has 0 amide bonds. The quantitative estimate of drug-likeness (QED) is 0.653. The molecule has 2 rings (SSSR count). The van der Waals surface area contributed by atoms with Gasteiger partial charge in [0.05, 0.1) is 19.8 Å². The average Bonchev–Trinajstić information content (AvgIpc) is 2.86. The van der Waals surface area contributed by atoms with E-state index in [1.165, 1.54) is 0 Å². The lowest BCUT2D eigenvalue weighted by Crippen LogP contribution is -2.40. The summed E-state index contributed by atoms with van der Waals surface area (Å²) in [4.78, 5) is 0. The Morgan fingerprint density at radius 1 is 1.22 bits per heavy atom. The molecule has 0 spiro atoms. The van der Waals surface area contributed by atoms with Crippen LogP contribution in [-0.4, -0.2) is 37.3 Å². The maximum atomic E-state index is 5.98. The summed E-state index contributed by atoms with van der Waals surface area (Å²) in [5.41, 5.74) is 1.12. The zero-order valence-corrected chi connectivity index (χ0v) is 13.9. The lowest BCUT2D eigenvalue weighted by Gasteiger charge is -2.25. The molecule has 1 heterocycles. The summed E-state index contributed by atoms with van der Waals surface area (Å²) in [6.07, 6.45) is 2.74. The van der Waals surface area contributed by atoms with Crippen molar-refractivity contribution in [1.29, 1.82) is 0 Å². The fourth-order valence-corrected chi connectivity index (χ4v) is 2.58. The summed E-state index contributed by atoms with van der Waals surface area (Å²) >= 11 is 0. The van der Waals surface area contributed by atoms with Gasteiger partial charge < -0.3 is 18.9 Å². The van der Waals surface area contributed by atoms with E-state index >= 15 is 0 Å². The van der Waals surface area contributed by atoms with E-state index in [2.05, 4.69) is 13.2 Å². The zero-order valence-electron chi connectivity index (χ0n) is 13.9. The Morgan fingerprint density at radius 2 is 1.96 bits per heavy atom. The van der Waals surface area contributed by atoms with Crippen molar-refractivity contribution in [2.75, 3.05) is 13.2 Å². The van der Waals surface area contributed by atoms with Gasteiger partial charge in [-0.2, -0.15) is 0 Å². The molecule has 0 unspecified atom stereocenters. The molecule has 3 atom stereocenters. The fourth-order valence-electron chi connectivity index (χ4n) is 2.58. The van der Waals surface area contributed by atoms with Crippen LogP contribution < -0.4 is 0 Å². The topological polar surface area (TPSA) is 36.9 Å². The minimum Gasteiger partial charge on any atom is -0.374 e. The molecule has 0 N–H and O–H groups in total. The van der Waals surface area contributed by atoms with Crippen LogP contribution in [0.15, 0.2) is 55.6 Å². The van der Waals surface area contributed by atoms with Gasteiger partial charge in [0.2, 0.25) is 0 Å². The monoisotopic (exact) mass is 318 g/mol. The molecule has 1 fully saturated rings. The molecule has 0 bridgehead atoms. The highest BCUT2D eigenvalue weighted by Gasteiger charge is 2.44. The van der Waals surface area contributed by atoms with Crippen LogP contribution in [0.4, 0.5) is 0 Å². The van der Waals surface area contributed by atoms with Gasteiger partial charge in [-0.15, -0.1) is 13.2 Å². The largest absolute Gasteiger partial charge is 0.374 e. The maximum absolute atomic E-state index is 5.98. The lowest BCUT2D eigenvalue weighted by atomic mass is 10.1. The van der Waals surface area contributed by atoms with Gasteiger partial charge in [0, 0.05) is 0 Å². The normalized spacial score (nSPS) is 24.3. The Balaban J connectivity index is 1.95. The molecule has 1 aliphatic rings. The van der Waals surface area contributed by atoms with Gasteiger partial charge in [-0.05, 0) is 19.4 Å². The highest BCUT2D eigenvalue weighted by molar-refractivity contribution is 5.13. The van der Waals surface area contributed by atoms with E-state index in [4.69, 9.17) is 18.9 Å². The van der Waals surface area contributed by atoms with Crippen LogP contribution in [0, 0.1) is 0 Å². The number of hydrogen-bond donors (Lipinski definition) is 0. The molecule has 0 aliphatic carbocycles. The molecule has 0 saturated carbocycles. The van der Waals surface area contributed by atoms with Crippen LogP contribution in [-0.2, 0) is 25.6 Å². The van der Waals surface area contributed by atoms with Crippen LogP contribution in [0.5, 0.6) is 0 Å². The predicted molar refractivity (Wildman–Crippen MR) is 90.1 cm³/mol. The molecule has 0 aromatic heterocycles. The Kier molecular flexibility index (Phi) is 6.54. The molecule has 1 aliphatic heterocycles. The first-order chi connectivity index (χ1) is 11.1. The van der Waals surface area contributed by atoms with Crippen LogP contribution in [0.25, 0.3) is 0 Å². The third-order valence-electron chi connectivity index (χ3n) is 3.58. The molecule has 126 valence electrons. The summed E-state index contributed by atoms with van der Waals surface area (Å²) < 4.78 is 23.5. The second kappa shape index (κ2) is 8.41. The molecular formula is C19H26O4. The first kappa shape index (κ1) is 17.9. The second-order valence-electron chi connectivity index (χ2n) is 5.96. The number of benzene rings is 1.